The van der Waals surface area contributed by atoms with Crippen molar-refractivity contribution in [2.75, 3.05) is 11.9 Å². The van der Waals surface area contributed by atoms with Gasteiger partial charge in [0.05, 0.1) is 12.7 Å². The fourth-order valence-electron chi connectivity index (χ4n) is 3.04. The van der Waals surface area contributed by atoms with Crippen LogP contribution >= 0.6 is 0 Å². The zero-order chi connectivity index (χ0) is 19.3. The van der Waals surface area contributed by atoms with Crippen molar-refractivity contribution in [2.24, 2.45) is 0 Å². The molecule has 1 aromatic heterocycles. The third kappa shape index (κ3) is 4.01. The molecule has 140 valence electrons. The molecule has 0 aliphatic rings. The zero-order valence-corrected chi connectivity index (χ0v) is 15.0. The van der Waals surface area contributed by atoms with Crippen molar-refractivity contribution in [2.45, 2.75) is 6.54 Å². The summed E-state index contributed by atoms with van der Waals surface area (Å²) < 4.78 is 20.2. The number of aromatic nitrogens is 2. The monoisotopic (exact) mass is 375 g/mol. The van der Waals surface area contributed by atoms with Crippen LogP contribution in [-0.4, -0.2) is 22.3 Å². The first kappa shape index (κ1) is 17.7. The van der Waals surface area contributed by atoms with E-state index in [0.29, 0.717) is 18.1 Å². The maximum atomic E-state index is 13.2. The Bertz CT molecular complexity index is 1120. The van der Waals surface area contributed by atoms with Crippen molar-refractivity contribution >= 4 is 22.5 Å². The minimum absolute atomic E-state index is 0.219. The van der Waals surface area contributed by atoms with Gasteiger partial charge in [0.2, 0.25) is 0 Å². The van der Waals surface area contributed by atoms with Crippen LogP contribution in [0.2, 0.25) is 0 Å². The van der Waals surface area contributed by atoms with Crippen molar-refractivity contribution in [1.29, 1.82) is 0 Å². The zero-order valence-electron chi connectivity index (χ0n) is 15.0. The normalized spacial score (nSPS) is 10.8. The van der Waals surface area contributed by atoms with E-state index in [9.17, 15) is 9.18 Å². The molecule has 0 bridgehead atoms. The van der Waals surface area contributed by atoms with Crippen LogP contribution in [0.4, 0.5) is 10.2 Å². The number of fused-ring (bicyclic) bond motifs is 1. The topological polar surface area (TPSA) is 56.1 Å². The van der Waals surface area contributed by atoms with Crippen LogP contribution in [0.15, 0.2) is 79.0 Å². The second-order valence-electron chi connectivity index (χ2n) is 6.31. The predicted octanol–water partition coefficient (Wildman–Crippen LogP) is 4.24. The quantitative estimate of drug-likeness (QED) is 0.548. The van der Waals surface area contributed by atoms with Gasteiger partial charge in [0.25, 0.3) is 5.91 Å². The van der Waals surface area contributed by atoms with Gasteiger partial charge >= 0.3 is 0 Å². The summed E-state index contributed by atoms with van der Waals surface area (Å²) >= 11 is 0. The third-order valence-corrected chi connectivity index (χ3v) is 4.35. The summed E-state index contributed by atoms with van der Waals surface area (Å²) in [6.45, 7) is 0.303. The van der Waals surface area contributed by atoms with Crippen LogP contribution in [0.3, 0.4) is 0 Å². The van der Waals surface area contributed by atoms with E-state index < -0.39 is 5.82 Å². The van der Waals surface area contributed by atoms with Gasteiger partial charge in [0, 0.05) is 12.1 Å². The predicted molar refractivity (Wildman–Crippen MR) is 106 cm³/mol. The maximum absolute atomic E-state index is 13.2. The molecule has 1 heterocycles. The average molecular weight is 375 g/mol. The number of halogens is 1. The van der Waals surface area contributed by atoms with E-state index in [2.05, 4.69) is 28.6 Å². The first-order chi connectivity index (χ1) is 13.7. The van der Waals surface area contributed by atoms with E-state index >= 15 is 0 Å². The summed E-state index contributed by atoms with van der Waals surface area (Å²) in [6.07, 6.45) is 1.63. The Morgan fingerprint density at radius 2 is 1.86 bits per heavy atom. The molecule has 0 atom stereocenters. The van der Waals surface area contributed by atoms with Gasteiger partial charge in [-0.15, -0.1) is 0 Å². The van der Waals surface area contributed by atoms with E-state index in [1.807, 2.05) is 24.3 Å². The van der Waals surface area contributed by atoms with Crippen molar-refractivity contribution in [1.82, 2.24) is 9.78 Å². The highest BCUT2D eigenvalue weighted by molar-refractivity contribution is 5.91. The summed E-state index contributed by atoms with van der Waals surface area (Å²) in [7, 11) is 0. The van der Waals surface area contributed by atoms with Gasteiger partial charge in [-0.3, -0.25) is 4.79 Å². The van der Waals surface area contributed by atoms with Gasteiger partial charge < -0.3 is 10.1 Å². The lowest BCUT2D eigenvalue weighted by molar-refractivity contribution is -0.118. The molecule has 0 spiro atoms. The lowest BCUT2D eigenvalue weighted by Crippen LogP contribution is -2.22. The second-order valence-corrected chi connectivity index (χ2v) is 6.31. The van der Waals surface area contributed by atoms with Crippen LogP contribution in [0.1, 0.15) is 5.56 Å². The minimum atomic E-state index is -0.411. The molecule has 28 heavy (non-hydrogen) atoms. The molecule has 6 heteroatoms. The summed E-state index contributed by atoms with van der Waals surface area (Å²) in [5, 5.41) is 9.40. The summed E-state index contributed by atoms with van der Waals surface area (Å²) in [5.41, 5.74) is 1.10. The number of rotatable bonds is 6. The van der Waals surface area contributed by atoms with Gasteiger partial charge in [-0.25, -0.2) is 9.07 Å². The second kappa shape index (κ2) is 7.92. The van der Waals surface area contributed by atoms with Crippen LogP contribution in [0.25, 0.3) is 10.8 Å². The van der Waals surface area contributed by atoms with Crippen LogP contribution in [0, 0.1) is 5.82 Å². The van der Waals surface area contributed by atoms with Gasteiger partial charge in [0.15, 0.2) is 6.61 Å². The van der Waals surface area contributed by atoms with E-state index in [1.54, 1.807) is 23.0 Å². The van der Waals surface area contributed by atoms with E-state index in [-0.39, 0.29) is 12.5 Å². The third-order valence-electron chi connectivity index (χ3n) is 4.35. The summed E-state index contributed by atoms with van der Waals surface area (Å²) in [5.74, 6) is 0.121. The van der Waals surface area contributed by atoms with E-state index in [1.165, 1.54) is 18.2 Å². The fraction of sp³-hybridized carbons (Fsp3) is 0.0909. The van der Waals surface area contributed by atoms with Gasteiger partial charge in [-0.2, -0.15) is 5.10 Å². The fourth-order valence-corrected chi connectivity index (χ4v) is 3.04. The Labute approximate surface area is 161 Å². The molecule has 0 fully saturated rings. The smallest absolute Gasteiger partial charge is 0.263 e. The average Bonchev–Trinajstić information content (AvgIpc) is 3.13. The Kier molecular flexibility index (Phi) is 5.01. The number of amides is 1. The number of hydrogen-bond donors (Lipinski definition) is 1. The molecule has 4 rings (SSSR count). The molecule has 0 radical (unpaired) electrons. The maximum Gasteiger partial charge on any atom is 0.263 e. The van der Waals surface area contributed by atoms with Crippen molar-refractivity contribution in [3.8, 4) is 5.75 Å². The molecule has 4 aromatic rings. The first-order valence-corrected chi connectivity index (χ1v) is 8.86. The number of anilines is 1. The number of hydrogen-bond acceptors (Lipinski definition) is 3. The Balaban J connectivity index is 1.44. The Morgan fingerprint density at radius 3 is 2.75 bits per heavy atom. The van der Waals surface area contributed by atoms with E-state index in [0.717, 1.165) is 16.3 Å². The molecule has 0 aliphatic carbocycles. The van der Waals surface area contributed by atoms with Gasteiger partial charge in [0.1, 0.15) is 17.4 Å². The number of nitrogens with zero attached hydrogens (tertiary/aromatic N) is 2. The number of carbonyl (C=O) groups is 1. The van der Waals surface area contributed by atoms with Crippen LogP contribution in [-0.2, 0) is 11.3 Å². The molecule has 3 aromatic carbocycles. The standard InChI is InChI=1S/C22H18FN3O2/c23-18-8-4-9-19(13-18)28-15-22(27)25-21-11-12-24-26(21)14-17-7-3-6-16-5-1-2-10-20(16)17/h1-13H,14-15H2,(H,25,27). The highest BCUT2D eigenvalue weighted by Crippen LogP contribution is 2.20. The number of ether oxygens (including phenoxy) is 1. The van der Waals surface area contributed by atoms with Crippen molar-refractivity contribution in [3.63, 3.8) is 0 Å². The molecular formula is C22H18FN3O2. The van der Waals surface area contributed by atoms with Crippen molar-refractivity contribution < 1.29 is 13.9 Å². The first-order valence-electron chi connectivity index (χ1n) is 8.86. The number of carbonyl (C=O) groups excluding carboxylic acids is 1. The lowest BCUT2D eigenvalue weighted by Gasteiger charge is -2.11. The molecular weight excluding hydrogens is 357 g/mol. The molecule has 5 nitrogen and oxygen atoms in total. The van der Waals surface area contributed by atoms with Gasteiger partial charge in [-0.05, 0) is 28.5 Å². The summed E-state index contributed by atoms with van der Waals surface area (Å²) in [6, 6.07) is 21.7. The molecule has 0 saturated carbocycles. The van der Waals surface area contributed by atoms with Crippen LogP contribution < -0.4 is 10.1 Å². The molecule has 0 saturated heterocycles. The SMILES string of the molecule is O=C(COc1cccc(F)c1)Nc1ccnn1Cc1cccc2ccccc12. The number of benzene rings is 3. The van der Waals surface area contributed by atoms with Gasteiger partial charge in [-0.1, -0.05) is 48.5 Å². The lowest BCUT2D eigenvalue weighted by atomic mass is 10.0. The largest absolute Gasteiger partial charge is 0.484 e. The number of nitrogens with one attached hydrogen (secondary N) is 1. The van der Waals surface area contributed by atoms with Crippen LogP contribution in [0.5, 0.6) is 5.75 Å². The molecule has 1 N–H and O–H groups in total. The highest BCUT2D eigenvalue weighted by atomic mass is 19.1. The highest BCUT2D eigenvalue weighted by Gasteiger charge is 2.10. The Hall–Kier alpha value is -3.67. The Morgan fingerprint density at radius 1 is 1.04 bits per heavy atom. The molecule has 0 aliphatic heterocycles. The van der Waals surface area contributed by atoms with Crippen molar-refractivity contribution in [3.05, 3.63) is 90.4 Å². The molecule has 0 unspecified atom stereocenters. The molecule has 1 amide bonds. The van der Waals surface area contributed by atoms with E-state index in [4.69, 9.17) is 4.74 Å². The summed E-state index contributed by atoms with van der Waals surface area (Å²) in [4.78, 5) is 12.2. The minimum Gasteiger partial charge on any atom is -0.484 e.